The minimum absolute atomic E-state index is 0.0420. The highest BCUT2D eigenvalue weighted by Crippen LogP contribution is 2.51. The number of aliphatic hydroxyl groups is 1. The molecule has 1 N–H and O–H groups in total. The Morgan fingerprint density at radius 3 is 2.67 bits per heavy atom. The van der Waals surface area contributed by atoms with Crippen LogP contribution >= 0.6 is 15.9 Å². The summed E-state index contributed by atoms with van der Waals surface area (Å²) in [6.45, 7) is 1.84. The van der Waals surface area contributed by atoms with Crippen molar-refractivity contribution in [2.75, 3.05) is 0 Å². The van der Waals surface area contributed by atoms with Crippen LogP contribution in [0.15, 0.2) is 22.7 Å². The standard InChI is InChI=1S/C12H14BrFO/c1-8(15)12(4-5-12)7-9-2-3-10(14)6-11(9)13/h2-3,6,8,15H,4-5,7H2,1H3. The van der Waals surface area contributed by atoms with E-state index in [1.54, 1.807) is 6.07 Å². The van der Waals surface area contributed by atoms with Gasteiger partial charge >= 0.3 is 0 Å². The van der Waals surface area contributed by atoms with Crippen molar-refractivity contribution in [3.8, 4) is 0 Å². The van der Waals surface area contributed by atoms with Crippen molar-refractivity contribution in [1.29, 1.82) is 0 Å². The van der Waals surface area contributed by atoms with E-state index in [1.165, 1.54) is 12.1 Å². The summed E-state index contributed by atoms with van der Waals surface area (Å²) >= 11 is 3.36. The van der Waals surface area contributed by atoms with Gasteiger partial charge in [-0.15, -0.1) is 0 Å². The summed E-state index contributed by atoms with van der Waals surface area (Å²) in [4.78, 5) is 0. The van der Waals surface area contributed by atoms with E-state index in [2.05, 4.69) is 15.9 Å². The van der Waals surface area contributed by atoms with Gasteiger partial charge in [-0.25, -0.2) is 4.39 Å². The Balaban J connectivity index is 2.18. The minimum Gasteiger partial charge on any atom is -0.393 e. The van der Waals surface area contributed by atoms with Crippen LogP contribution in [-0.2, 0) is 6.42 Å². The molecule has 0 spiro atoms. The number of hydrogen-bond acceptors (Lipinski definition) is 1. The van der Waals surface area contributed by atoms with E-state index >= 15 is 0 Å². The van der Waals surface area contributed by atoms with Gasteiger partial charge in [-0.1, -0.05) is 22.0 Å². The zero-order valence-electron chi connectivity index (χ0n) is 8.63. The second-order valence-corrected chi connectivity index (χ2v) is 5.31. The van der Waals surface area contributed by atoms with E-state index in [0.29, 0.717) is 0 Å². The van der Waals surface area contributed by atoms with Crippen LogP contribution in [0.25, 0.3) is 0 Å². The Hall–Kier alpha value is -0.410. The molecule has 1 aliphatic rings. The molecule has 1 nitrogen and oxygen atoms in total. The Bertz CT molecular complexity index is 372. The second kappa shape index (κ2) is 3.87. The number of halogens is 2. The van der Waals surface area contributed by atoms with Crippen molar-refractivity contribution in [2.45, 2.75) is 32.3 Å². The highest BCUT2D eigenvalue weighted by Gasteiger charge is 2.46. The first-order valence-electron chi connectivity index (χ1n) is 5.15. The fourth-order valence-electron chi connectivity index (χ4n) is 1.95. The Kier molecular flexibility index (Phi) is 2.86. The van der Waals surface area contributed by atoms with E-state index < -0.39 is 0 Å². The third-order valence-electron chi connectivity index (χ3n) is 3.34. The summed E-state index contributed by atoms with van der Waals surface area (Å²) in [7, 11) is 0. The first-order valence-corrected chi connectivity index (χ1v) is 5.95. The summed E-state index contributed by atoms with van der Waals surface area (Å²) < 4.78 is 13.7. The average Bonchev–Trinajstić information content (AvgIpc) is 2.91. The molecule has 1 aliphatic carbocycles. The van der Waals surface area contributed by atoms with Crippen molar-refractivity contribution in [1.82, 2.24) is 0 Å². The molecule has 1 atom stereocenters. The van der Waals surface area contributed by atoms with E-state index in [9.17, 15) is 9.50 Å². The van der Waals surface area contributed by atoms with Crippen LogP contribution in [0, 0.1) is 11.2 Å². The molecular weight excluding hydrogens is 259 g/mol. The quantitative estimate of drug-likeness (QED) is 0.896. The maximum absolute atomic E-state index is 12.9. The largest absolute Gasteiger partial charge is 0.393 e. The minimum atomic E-state index is -0.283. The topological polar surface area (TPSA) is 20.2 Å². The summed E-state index contributed by atoms with van der Waals surface area (Å²) in [5.74, 6) is -0.229. The Labute approximate surface area is 97.4 Å². The molecule has 82 valence electrons. The lowest BCUT2D eigenvalue weighted by Crippen LogP contribution is -2.20. The molecule has 0 aliphatic heterocycles. The molecule has 3 heteroatoms. The predicted molar refractivity (Wildman–Crippen MR) is 61.2 cm³/mol. The predicted octanol–water partition coefficient (Wildman–Crippen LogP) is 3.29. The lowest BCUT2D eigenvalue weighted by atomic mass is 9.92. The Morgan fingerprint density at radius 1 is 1.53 bits per heavy atom. The number of aliphatic hydroxyl groups excluding tert-OH is 1. The number of benzene rings is 1. The third kappa shape index (κ3) is 2.23. The van der Waals surface area contributed by atoms with Crippen LogP contribution in [0.5, 0.6) is 0 Å². The van der Waals surface area contributed by atoms with Crippen molar-refractivity contribution < 1.29 is 9.50 Å². The molecular formula is C12H14BrFO. The third-order valence-corrected chi connectivity index (χ3v) is 4.07. The number of rotatable bonds is 3. The highest BCUT2D eigenvalue weighted by atomic mass is 79.9. The maximum atomic E-state index is 12.9. The zero-order chi connectivity index (χ0) is 11.1. The van der Waals surface area contributed by atoms with Gasteiger partial charge in [0, 0.05) is 9.89 Å². The molecule has 1 saturated carbocycles. The normalized spacial score (nSPS) is 20.0. The molecule has 15 heavy (non-hydrogen) atoms. The van der Waals surface area contributed by atoms with E-state index in [0.717, 1.165) is 29.3 Å². The van der Waals surface area contributed by atoms with Gasteiger partial charge in [0.1, 0.15) is 5.82 Å². The van der Waals surface area contributed by atoms with Crippen molar-refractivity contribution >= 4 is 15.9 Å². The summed E-state index contributed by atoms with van der Waals surface area (Å²) in [5, 5.41) is 9.66. The smallest absolute Gasteiger partial charge is 0.124 e. The van der Waals surface area contributed by atoms with E-state index in [4.69, 9.17) is 0 Å². The van der Waals surface area contributed by atoms with Gasteiger partial charge in [0.25, 0.3) is 0 Å². The molecule has 1 aromatic carbocycles. The lowest BCUT2D eigenvalue weighted by Gasteiger charge is -2.19. The van der Waals surface area contributed by atoms with Crippen LogP contribution in [0.2, 0.25) is 0 Å². The Morgan fingerprint density at radius 2 is 2.20 bits per heavy atom. The highest BCUT2D eigenvalue weighted by molar-refractivity contribution is 9.10. The van der Waals surface area contributed by atoms with Crippen LogP contribution in [-0.4, -0.2) is 11.2 Å². The van der Waals surface area contributed by atoms with Crippen LogP contribution in [0.4, 0.5) is 4.39 Å². The van der Waals surface area contributed by atoms with Gasteiger partial charge in [0.2, 0.25) is 0 Å². The van der Waals surface area contributed by atoms with Gasteiger partial charge in [0.05, 0.1) is 6.10 Å². The molecule has 0 radical (unpaired) electrons. The van der Waals surface area contributed by atoms with Crippen LogP contribution in [0.1, 0.15) is 25.3 Å². The van der Waals surface area contributed by atoms with Gasteiger partial charge in [0.15, 0.2) is 0 Å². The molecule has 0 aromatic heterocycles. The first-order chi connectivity index (χ1) is 7.03. The van der Waals surface area contributed by atoms with Crippen molar-refractivity contribution in [2.24, 2.45) is 5.41 Å². The molecule has 2 rings (SSSR count). The van der Waals surface area contributed by atoms with Crippen molar-refractivity contribution in [3.63, 3.8) is 0 Å². The fourth-order valence-corrected chi connectivity index (χ4v) is 2.44. The lowest BCUT2D eigenvalue weighted by molar-refractivity contribution is 0.110. The average molecular weight is 273 g/mol. The van der Waals surface area contributed by atoms with Crippen LogP contribution in [0.3, 0.4) is 0 Å². The molecule has 0 bridgehead atoms. The van der Waals surface area contributed by atoms with Crippen molar-refractivity contribution in [3.05, 3.63) is 34.1 Å². The maximum Gasteiger partial charge on any atom is 0.124 e. The monoisotopic (exact) mass is 272 g/mol. The van der Waals surface area contributed by atoms with E-state index in [1.807, 2.05) is 6.92 Å². The summed E-state index contributed by atoms with van der Waals surface area (Å²) in [6.07, 6.45) is 2.67. The second-order valence-electron chi connectivity index (χ2n) is 4.45. The van der Waals surface area contributed by atoms with Crippen LogP contribution < -0.4 is 0 Å². The molecule has 1 fully saturated rings. The molecule has 0 heterocycles. The van der Waals surface area contributed by atoms with Gasteiger partial charge in [-0.2, -0.15) is 0 Å². The fraction of sp³-hybridized carbons (Fsp3) is 0.500. The van der Waals surface area contributed by atoms with Gasteiger partial charge in [-0.3, -0.25) is 0 Å². The summed E-state index contributed by atoms with van der Waals surface area (Å²) in [6, 6.07) is 4.74. The number of hydrogen-bond donors (Lipinski definition) is 1. The van der Waals surface area contributed by atoms with Gasteiger partial charge < -0.3 is 5.11 Å². The summed E-state index contributed by atoms with van der Waals surface area (Å²) in [5.41, 5.74) is 1.12. The first kappa shape index (κ1) is 11.1. The molecule has 1 aromatic rings. The zero-order valence-corrected chi connectivity index (χ0v) is 10.2. The SMILES string of the molecule is CC(O)C1(Cc2ccc(F)cc2Br)CC1. The molecule has 0 saturated heterocycles. The van der Waals surface area contributed by atoms with Gasteiger partial charge in [-0.05, 0) is 43.9 Å². The molecule has 1 unspecified atom stereocenters. The van der Waals surface area contributed by atoms with E-state index in [-0.39, 0.29) is 17.3 Å². The molecule has 0 amide bonds.